The van der Waals surface area contributed by atoms with E-state index >= 15 is 0 Å². The van der Waals surface area contributed by atoms with Crippen molar-refractivity contribution in [3.63, 3.8) is 0 Å². The summed E-state index contributed by atoms with van der Waals surface area (Å²) in [6, 6.07) is 8.77. The number of hydrogen-bond donors (Lipinski definition) is 3. The summed E-state index contributed by atoms with van der Waals surface area (Å²) < 4.78 is 0. The van der Waals surface area contributed by atoms with Gasteiger partial charge in [0.2, 0.25) is 0 Å². The van der Waals surface area contributed by atoms with Gasteiger partial charge in [-0.2, -0.15) is 0 Å². The second-order valence-electron chi connectivity index (χ2n) is 7.35. The highest BCUT2D eigenvalue weighted by atomic mass is 15.2. The number of piperidine rings is 2. The van der Waals surface area contributed by atoms with Gasteiger partial charge in [0.05, 0.1) is 0 Å². The lowest BCUT2D eigenvalue weighted by Gasteiger charge is -2.43. The lowest BCUT2D eigenvalue weighted by Crippen LogP contribution is -2.51. The maximum absolute atomic E-state index is 5.84. The van der Waals surface area contributed by atoms with Crippen LogP contribution in [0.5, 0.6) is 0 Å². The third-order valence-corrected chi connectivity index (χ3v) is 5.64. The van der Waals surface area contributed by atoms with Crippen LogP contribution in [0.4, 0.5) is 0 Å². The molecular formula is C21H27N5. The second kappa shape index (κ2) is 7.38. The van der Waals surface area contributed by atoms with Crippen LogP contribution >= 0.6 is 0 Å². The third-order valence-electron chi connectivity index (χ3n) is 5.64. The SMILES string of the molecule is C=C(N=C/C(=C\N)c1ccc2[nH]ccc2c1)NC1CCN2CCCC1C2. The standard InChI is InChI=1S/C21H27N5/c1-15(25-21-7-10-26-9-2-3-18(21)14-26)24-13-19(12-22)16-4-5-20-17(11-16)6-8-23-20/h4-6,8,11-13,18,21,23,25H,1-3,7,9-10,14,22H2/b19-12+,24-13?. The highest BCUT2D eigenvalue weighted by Crippen LogP contribution is 2.27. The van der Waals surface area contributed by atoms with Crippen LogP contribution in [0.15, 0.2) is 54.1 Å². The van der Waals surface area contributed by atoms with Gasteiger partial charge < -0.3 is 20.9 Å². The molecule has 5 heteroatoms. The van der Waals surface area contributed by atoms with Crippen molar-refractivity contribution >= 4 is 22.7 Å². The Morgan fingerprint density at radius 2 is 2.23 bits per heavy atom. The molecule has 0 radical (unpaired) electrons. The van der Waals surface area contributed by atoms with E-state index in [1.54, 1.807) is 12.4 Å². The number of H-pyrrole nitrogens is 1. The number of hydrogen-bond acceptors (Lipinski definition) is 4. The second-order valence-corrected chi connectivity index (χ2v) is 7.35. The molecule has 0 saturated carbocycles. The van der Waals surface area contributed by atoms with Crippen LogP contribution in [0.3, 0.4) is 0 Å². The Balaban J connectivity index is 1.41. The summed E-state index contributed by atoms with van der Waals surface area (Å²) in [5, 5.41) is 4.70. The minimum Gasteiger partial charge on any atom is -0.404 e. The van der Waals surface area contributed by atoms with Crippen molar-refractivity contribution in [3.05, 3.63) is 54.6 Å². The minimum absolute atomic E-state index is 0.484. The molecule has 2 fully saturated rings. The van der Waals surface area contributed by atoms with Crippen LogP contribution in [0.25, 0.3) is 16.5 Å². The molecule has 4 rings (SSSR count). The van der Waals surface area contributed by atoms with Gasteiger partial charge in [-0.1, -0.05) is 12.6 Å². The molecule has 2 aromatic rings. The Labute approximate surface area is 154 Å². The zero-order valence-electron chi connectivity index (χ0n) is 15.1. The molecule has 26 heavy (non-hydrogen) atoms. The van der Waals surface area contributed by atoms with Crippen molar-refractivity contribution < 1.29 is 0 Å². The van der Waals surface area contributed by atoms with E-state index in [0.29, 0.717) is 12.0 Å². The minimum atomic E-state index is 0.484. The molecular weight excluding hydrogens is 322 g/mol. The number of allylic oxidation sites excluding steroid dienone is 1. The molecule has 0 aliphatic carbocycles. The average Bonchev–Trinajstić information content (AvgIpc) is 3.13. The molecule has 5 nitrogen and oxygen atoms in total. The van der Waals surface area contributed by atoms with Gasteiger partial charge in [-0.05, 0) is 60.9 Å². The molecule has 2 saturated heterocycles. The number of rotatable bonds is 5. The van der Waals surface area contributed by atoms with Crippen molar-refractivity contribution in [2.75, 3.05) is 19.6 Å². The number of nitrogens with zero attached hydrogens (tertiary/aromatic N) is 2. The van der Waals surface area contributed by atoms with E-state index in [9.17, 15) is 0 Å². The normalized spacial score (nSPS) is 26.3. The van der Waals surface area contributed by atoms with Crippen LogP contribution < -0.4 is 11.1 Å². The van der Waals surface area contributed by atoms with Crippen LogP contribution in [0.1, 0.15) is 24.8 Å². The quantitative estimate of drug-likeness (QED) is 0.727. The van der Waals surface area contributed by atoms with Crippen LogP contribution in [-0.4, -0.2) is 41.8 Å². The first-order valence-corrected chi connectivity index (χ1v) is 9.44. The summed E-state index contributed by atoms with van der Waals surface area (Å²) in [5.41, 5.74) is 8.91. The fourth-order valence-electron chi connectivity index (χ4n) is 4.22. The number of aliphatic imine (C=N–C) groups is 1. The van der Waals surface area contributed by atoms with Gasteiger partial charge in [0.25, 0.3) is 0 Å². The molecule has 136 valence electrons. The fraction of sp³-hybridized carbons (Fsp3) is 0.381. The van der Waals surface area contributed by atoms with Gasteiger partial charge in [0, 0.05) is 48.8 Å². The molecule has 0 amide bonds. The van der Waals surface area contributed by atoms with Crippen molar-refractivity contribution in [2.45, 2.75) is 25.3 Å². The summed E-state index contributed by atoms with van der Waals surface area (Å²) in [6.45, 7) is 7.75. The summed E-state index contributed by atoms with van der Waals surface area (Å²) in [6.07, 6.45) is 9.12. The first-order chi connectivity index (χ1) is 12.7. The molecule has 1 aromatic carbocycles. The molecule has 2 bridgehead atoms. The van der Waals surface area contributed by atoms with Gasteiger partial charge >= 0.3 is 0 Å². The average molecular weight is 349 g/mol. The van der Waals surface area contributed by atoms with E-state index in [4.69, 9.17) is 5.73 Å². The molecule has 4 N–H and O–H groups in total. The van der Waals surface area contributed by atoms with Crippen molar-refractivity contribution in [1.29, 1.82) is 0 Å². The Morgan fingerprint density at radius 1 is 1.31 bits per heavy atom. The van der Waals surface area contributed by atoms with E-state index in [0.717, 1.165) is 27.9 Å². The predicted octanol–water partition coefficient (Wildman–Crippen LogP) is 3.08. The van der Waals surface area contributed by atoms with Gasteiger partial charge in [-0.15, -0.1) is 0 Å². The summed E-state index contributed by atoms with van der Waals surface area (Å²) >= 11 is 0. The van der Waals surface area contributed by atoms with E-state index in [1.807, 2.05) is 6.20 Å². The van der Waals surface area contributed by atoms with E-state index in [1.165, 1.54) is 38.9 Å². The first-order valence-electron chi connectivity index (χ1n) is 9.44. The van der Waals surface area contributed by atoms with Crippen molar-refractivity contribution in [2.24, 2.45) is 16.6 Å². The molecule has 3 atom stereocenters. The number of benzene rings is 1. The molecule has 2 aliphatic heterocycles. The highest BCUT2D eigenvalue weighted by molar-refractivity contribution is 6.10. The summed E-state index contributed by atoms with van der Waals surface area (Å²) in [7, 11) is 0. The van der Waals surface area contributed by atoms with Gasteiger partial charge in [0.1, 0.15) is 5.82 Å². The molecule has 1 aromatic heterocycles. The summed E-state index contributed by atoms with van der Waals surface area (Å²) in [5.74, 6) is 1.43. The number of aromatic nitrogens is 1. The maximum Gasteiger partial charge on any atom is 0.118 e. The molecule has 0 spiro atoms. The fourth-order valence-corrected chi connectivity index (χ4v) is 4.22. The summed E-state index contributed by atoms with van der Waals surface area (Å²) in [4.78, 5) is 10.3. The predicted molar refractivity (Wildman–Crippen MR) is 109 cm³/mol. The number of nitrogens with one attached hydrogen (secondary N) is 2. The molecule has 3 unspecified atom stereocenters. The van der Waals surface area contributed by atoms with Crippen LogP contribution in [0, 0.1) is 5.92 Å². The van der Waals surface area contributed by atoms with E-state index in [-0.39, 0.29) is 0 Å². The Hall–Kier alpha value is -2.53. The van der Waals surface area contributed by atoms with Gasteiger partial charge in [-0.25, -0.2) is 4.99 Å². The van der Waals surface area contributed by atoms with Crippen LogP contribution in [0.2, 0.25) is 0 Å². The lowest BCUT2D eigenvalue weighted by atomic mass is 9.85. The number of nitrogens with two attached hydrogens (primary N) is 1. The van der Waals surface area contributed by atoms with Gasteiger partial charge in [0.15, 0.2) is 0 Å². The lowest BCUT2D eigenvalue weighted by molar-refractivity contribution is 0.0961. The zero-order chi connectivity index (χ0) is 17.9. The Kier molecular flexibility index (Phi) is 4.80. The molecule has 3 heterocycles. The Bertz CT molecular complexity index is 847. The Morgan fingerprint density at radius 3 is 3.12 bits per heavy atom. The van der Waals surface area contributed by atoms with E-state index in [2.05, 4.69) is 51.0 Å². The van der Waals surface area contributed by atoms with Crippen LogP contribution in [-0.2, 0) is 0 Å². The van der Waals surface area contributed by atoms with Crippen molar-refractivity contribution in [1.82, 2.24) is 15.2 Å². The third kappa shape index (κ3) is 3.53. The first kappa shape index (κ1) is 16.9. The molecule has 2 aliphatic rings. The van der Waals surface area contributed by atoms with E-state index < -0.39 is 0 Å². The van der Waals surface area contributed by atoms with Crippen molar-refractivity contribution in [3.8, 4) is 0 Å². The zero-order valence-corrected chi connectivity index (χ0v) is 15.1. The maximum atomic E-state index is 5.84. The van der Waals surface area contributed by atoms with Gasteiger partial charge in [-0.3, -0.25) is 0 Å². The smallest absolute Gasteiger partial charge is 0.118 e. The largest absolute Gasteiger partial charge is 0.404 e. The number of fused-ring (bicyclic) bond motifs is 3. The topological polar surface area (TPSA) is 69.4 Å². The monoisotopic (exact) mass is 349 g/mol. The highest BCUT2D eigenvalue weighted by Gasteiger charge is 2.31. The number of aromatic amines is 1.